The number of rotatable bonds is 4. The van der Waals surface area contributed by atoms with E-state index in [1.807, 2.05) is 30.3 Å². The monoisotopic (exact) mass is 325 g/mol. The van der Waals surface area contributed by atoms with E-state index >= 15 is 0 Å². The molecule has 1 saturated heterocycles. The molecule has 7 heteroatoms. The first-order valence-corrected chi connectivity index (χ1v) is 8.04. The number of piperidine rings is 1. The summed E-state index contributed by atoms with van der Waals surface area (Å²) in [7, 11) is 0. The summed E-state index contributed by atoms with van der Waals surface area (Å²) < 4.78 is 5.86. The molecule has 2 aromatic heterocycles. The molecule has 0 radical (unpaired) electrons. The van der Waals surface area contributed by atoms with Crippen LogP contribution in [0, 0.1) is 0 Å². The Labute approximate surface area is 139 Å². The molecule has 2 N–H and O–H groups in total. The maximum Gasteiger partial charge on any atom is 0.209 e. The Hall–Kier alpha value is -2.51. The molecule has 0 bridgehead atoms. The molecule has 1 fully saturated rings. The first-order chi connectivity index (χ1) is 11.7. The zero-order chi connectivity index (χ0) is 16.4. The van der Waals surface area contributed by atoms with Gasteiger partial charge in [-0.25, -0.2) is 4.98 Å². The highest BCUT2D eigenvalue weighted by molar-refractivity contribution is 5.55. The molecule has 4 rings (SSSR count). The molecule has 3 aromatic rings. The molecule has 0 aliphatic carbocycles. The number of likely N-dealkylation sites (tertiary alicyclic amines) is 1. The lowest BCUT2D eigenvalue weighted by molar-refractivity contribution is -0.0432. The van der Waals surface area contributed by atoms with E-state index in [-0.39, 0.29) is 0 Å². The van der Waals surface area contributed by atoms with Gasteiger partial charge in [0.15, 0.2) is 5.76 Å². The Morgan fingerprint density at radius 2 is 2.12 bits per heavy atom. The first kappa shape index (κ1) is 15.0. The summed E-state index contributed by atoms with van der Waals surface area (Å²) >= 11 is 0. The number of benzene rings is 1. The Kier molecular flexibility index (Phi) is 3.87. The van der Waals surface area contributed by atoms with Gasteiger partial charge in [0.2, 0.25) is 5.89 Å². The van der Waals surface area contributed by atoms with Crippen LogP contribution in [0.3, 0.4) is 0 Å². The molecule has 1 aliphatic heterocycles. The van der Waals surface area contributed by atoms with Crippen LogP contribution in [0.15, 0.2) is 47.1 Å². The third kappa shape index (κ3) is 2.95. The van der Waals surface area contributed by atoms with Gasteiger partial charge in [-0.2, -0.15) is 15.4 Å². The van der Waals surface area contributed by atoms with E-state index in [0.717, 1.165) is 24.3 Å². The van der Waals surface area contributed by atoms with Gasteiger partial charge < -0.3 is 9.52 Å². The fraction of sp³-hybridized carbons (Fsp3) is 0.353. The standard InChI is InChI=1S/C17H19N5O2/c23-17(15-10-19-21-20-15)7-4-8-22(12-17)11-16-18-9-14(24-16)13-5-2-1-3-6-13/h1-3,5-6,9-10,23H,4,7-8,11-12H2,(H,19,20,21)/t17-/m1/s1. The Morgan fingerprint density at radius 3 is 2.92 bits per heavy atom. The van der Waals surface area contributed by atoms with Crippen molar-refractivity contribution in [2.75, 3.05) is 13.1 Å². The van der Waals surface area contributed by atoms with Crippen molar-refractivity contribution in [1.29, 1.82) is 0 Å². The van der Waals surface area contributed by atoms with Crippen LogP contribution in [0.1, 0.15) is 24.4 Å². The van der Waals surface area contributed by atoms with Crippen LogP contribution in [0.25, 0.3) is 11.3 Å². The minimum atomic E-state index is -0.972. The molecule has 124 valence electrons. The van der Waals surface area contributed by atoms with Crippen LogP contribution >= 0.6 is 0 Å². The molecule has 7 nitrogen and oxygen atoms in total. The van der Waals surface area contributed by atoms with Crippen molar-refractivity contribution in [3.05, 3.63) is 54.3 Å². The summed E-state index contributed by atoms with van der Waals surface area (Å²) in [5.41, 5.74) is 0.624. The van der Waals surface area contributed by atoms with E-state index in [2.05, 4.69) is 25.3 Å². The summed E-state index contributed by atoms with van der Waals surface area (Å²) in [5.74, 6) is 1.41. The predicted molar refractivity (Wildman–Crippen MR) is 86.7 cm³/mol. The number of aliphatic hydroxyl groups is 1. The number of nitrogens with one attached hydrogen (secondary N) is 1. The highest BCUT2D eigenvalue weighted by Gasteiger charge is 2.37. The van der Waals surface area contributed by atoms with Crippen LogP contribution < -0.4 is 0 Å². The number of aromatic amines is 1. The number of nitrogens with zero attached hydrogens (tertiary/aromatic N) is 4. The maximum absolute atomic E-state index is 10.8. The van der Waals surface area contributed by atoms with Gasteiger partial charge in [-0.15, -0.1) is 0 Å². The van der Waals surface area contributed by atoms with E-state index in [9.17, 15) is 5.11 Å². The van der Waals surface area contributed by atoms with E-state index < -0.39 is 5.60 Å². The summed E-state index contributed by atoms with van der Waals surface area (Å²) in [6.45, 7) is 1.94. The van der Waals surface area contributed by atoms with Crippen LogP contribution in [-0.4, -0.2) is 43.5 Å². The quantitative estimate of drug-likeness (QED) is 0.762. The number of hydrogen-bond acceptors (Lipinski definition) is 6. The molecule has 1 aliphatic rings. The van der Waals surface area contributed by atoms with E-state index in [4.69, 9.17) is 4.42 Å². The molecule has 0 unspecified atom stereocenters. The molecule has 24 heavy (non-hydrogen) atoms. The summed E-state index contributed by atoms with van der Waals surface area (Å²) in [6.07, 6.45) is 4.90. The smallest absolute Gasteiger partial charge is 0.209 e. The summed E-state index contributed by atoms with van der Waals surface area (Å²) in [4.78, 5) is 6.51. The van der Waals surface area contributed by atoms with Crippen molar-refractivity contribution in [2.45, 2.75) is 25.0 Å². The predicted octanol–water partition coefficient (Wildman–Crippen LogP) is 1.94. The third-order valence-electron chi connectivity index (χ3n) is 4.41. The number of H-pyrrole nitrogens is 1. The van der Waals surface area contributed by atoms with Crippen LogP contribution in [0.4, 0.5) is 0 Å². The molecule has 3 heterocycles. The van der Waals surface area contributed by atoms with Gasteiger partial charge in [0, 0.05) is 12.1 Å². The number of aromatic nitrogens is 4. The summed E-state index contributed by atoms with van der Waals surface area (Å²) in [5, 5.41) is 21.3. The number of oxazole rings is 1. The minimum Gasteiger partial charge on any atom is -0.439 e. The fourth-order valence-electron chi connectivity index (χ4n) is 3.20. The number of hydrogen-bond donors (Lipinski definition) is 2. The van der Waals surface area contributed by atoms with Crippen molar-refractivity contribution in [2.24, 2.45) is 0 Å². The zero-order valence-electron chi connectivity index (χ0n) is 13.2. The van der Waals surface area contributed by atoms with Crippen molar-refractivity contribution >= 4 is 0 Å². The van der Waals surface area contributed by atoms with E-state index in [1.165, 1.54) is 0 Å². The molecule has 0 amide bonds. The normalized spacial score (nSPS) is 21.9. The average Bonchev–Trinajstić information content (AvgIpc) is 3.28. The summed E-state index contributed by atoms with van der Waals surface area (Å²) in [6, 6.07) is 9.91. The lowest BCUT2D eigenvalue weighted by Gasteiger charge is -2.37. The SMILES string of the molecule is O[C@]1(c2cn[nH]n2)CCCN(Cc2ncc(-c3ccccc3)o2)C1. The number of β-amino-alcohol motifs (C(OH)–C–C–N with tert-alkyl or cyclic N) is 1. The van der Waals surface area contributed by atoms with E-state index in [1.54, 1.807) is 12.4 Å². The molecule has 1 aromatic carbocycles. The Morgan fingerprint density at radius 1 is 1.25 bits per heavy atom. The van der Waals surface area contributed by atoms with Crippen molar-refractivity contribution < 1.29 is 9.52 Å². The van der Waals surface area contributed by atoms with Gasteiger partial charge in [0.25, 0.3) is 0 Å². The Bertz CT molecular complexity index is 786. The lowest BCUT2D eigenvalue weighted by Crippen LogP contribution is -2.45. The highest BCUT2D eigenvalue weighted by Crippen LogP contribution is 2.30. The molecular weight excluding hydrogens is 306 g/mol. The second kappa shape index (κ2) is 6.18. The molecule has 1 atom stereocenters. The second-order valence-electron chi connectivity index (χ2n) is 6.19. The van der Waals surface area contributed by atoms with Crippen LogP contribution in [0.2, 0.25) is 0 Å². The second-order valence-corrected chi connectivity index (χ2v) is 6.19. The van der Waals surface area contributed by atoms with Crippen molar-refractivity contribution in [3.63, 3.8) is 0 Å². The largest absolute Gasteiger partial charge is 0.439 e. The van der Waals surface area contributed by atoms with Gasteiger partial charge in [0.1, 0.15) is 11.3 Å². The molecule has 0 spiro atoms. The minimum absolute atomic E-state index is 0.489. The average molecular weight is 325 g/mol. The van der Waals surface area contributed by atoms with Gasteiger partial charge in [-0.05, 0) is 19.4 Å². The highest BCUT2D eigenvalue weighted by atomic mass is 16.4. The van der Waals surface area contributed by atoms with Crippen LogP contribution in [0.5, 0.6) is 0 Å². The van der Waals surface area contributed by atoms with Crippen molar-refractivity contribution in [1.82, 2.24) is 25.3 Å². The maximum atomic E-state index is 10.8. The third-order valence-corrected chi connectivity index (χ3v) is 4.41. The first-order valence-electron chi connectivity index (χ1n) is 8.04. The van der Waals surface area contributed by atoms with Gasteiger partial charge in [-0.3, -0.25) is 4.90 Å². The van der Waals surface area contributed by atoms with Crippen LogP contribution in [-0.2, 0) is 12.1 Å². The Balaban J connectivity index is 1.47. The van der Waals surface area contributed by atoms with Gasteiger partial charge in [0.05, 0.1) is 18.9 Å². The van der Waals surface area contributed by atoms with Gasteiger partial charge in [-0.1, -0.05) is 30.3 Å². The molecule has 0 saturated carbocycles. The zero-order valence-corrected chi connectivity index (χ0v) is 13.2. The lowest BCUT2D eigenvalue weighted by atomic mass is 9.90. The van der Waals surface area contributed by atoms with Gasteiger partial charge >= 0.3 is 0 Å². The molecular formula is C17H19N5O2. The fourth-order valence-corrected chi connectivity index (χ4v) is 3.20. The topological polar surface area (TPSA) is 91.1 Å². The van der Waals surface area contributed by atoms with E-state index in [0.29, 0.717) is 31.1 Å². The van der Waals surface area contributed by atoms with Crippen molar-refractivity contribution in [3.8, 4) is 11.3 Å².